The lowest BCUT2D eigenvalue weighted by molar-refractivity contribution is 0.352. The Morgan fingerprint density at radius 3 is 2.64 bits per heavy atom. The van der Waals surface area contributed by atoms with Gasteiger partial charge in [0.15, 0.2) is 0 Å². The second kappa shape index (κ2) is 5.08. The minimum atomic E-state index is -0.179. The quantitative estimate of drug-likeness (QED) is 0.787. The molecule has 3 heteroatoms. The fraction of sp³-hybridized carbons (Fsp3) is 0.455. The van der Waals surface area contributed by atoms with Crippen LogP contribution >= 0.6 is 0 Å². The van der Waals surface area contributed by atoms with Crippen LogP contribution in [-0.4, -0.2) is 32.6 Å². The number of halogens is 1. The molecule has 0 aliphatic heterocycles. The lowest BCUT2D eigenvalue weighted by Crippen LogP contribution is -2.28. The van der Waals surface area contributed by atoms with Crippen molar-refractivity contribution in [2.45, 2.75) is 6.04 Å². The molecule has 1 aromatic rings. The van der Waals surface area contributed by atoms with Crippen molar-refractivity contribution in [2.24, 2.45) is 0 Å². The fourth-order valence-electron chi connectivity index (χ4n) is 1.45. The van der Waals surface area contributed by atoms with Crippen molar-refractivity contribution in [3.63, 3.8) is 0 Å². The van der Waals surface area contributed by atoms with Crippen molar-refractivity contribution >= 4 is 0 Å². The molecule has 1 rings (SSSR count). The summed E-state index contributed by atoms with van der Waals surface area (Å²) >= 11 is 0. The van der Waals surface area contributed by atoms with Gasteiger partial charge in [-0.25, -0.2) is 4.39 Å². The zero-order chi connectivity index (χ0) is 10.6. The molecule has 1 unspecified atom stereocenters. The third kappa shape index (κ3) is 3.09. The molecule has 0 amide bonds. The van der Waals surface area contributed by atoms with Crippen LogP contribution in [0.25, 0.3) is 0 Å². The Bertz CT molecular complexity index is 286. The summed E-state index contributed by atoms with van der Waals surface area (Å²) in [7, 11) is 5.90. The summed E-state index contributed by atoms with van der Waals surface area (Å²) in [6.45, 7) is 0.861. The Morgan fingerprint density at radius 2 is 2.14 bits per heavy atom. The minimum Gasteiger partial charge on any atom is -0.312 e. The van der Waals surface area contributed by atoms with Gasteiger partial charge < -0.3 is 10.2 Å². The molecule has 0 saturated heterocycles. The van der Waals surface area contributed by atoms with Crippen LogP contribution in [0.1, 0.15) is 11.6 Å². The Labute approximate surface area is 84.7 Å². The number of rotatable bonds is 4. The predicted molar refractivity (Wildman–Crippen MR) is 56.8 cm³/mol. The van der Waals surface area contributed by atoms with Crippen molar-refractivity contribution in [3.8, 4) is 0 Å². The van der Waals surface area contributed by atoms with Crippen LogP contribution in [-0.2, 0) is 0 Å². The topological polar surface area (TPSA) is 15.3 Å². The van der Waals surface area contributed by atoms with Crippen molar-refractivity contribution < 1.29 is 4.39 Å². The summed E-state index contributed by atoms with van der Waals surface area (Å²) in [6.07, 6.45) is 0. The molecule has 0 aliphatic rings. The average Bonchev–Trinajstić information content (AvgIpc) is 2.14. The molecule has 14 heavy (non-hydrogen) atoms. The van der Waals surface area contributed by atoms with Crippen LogP contribution in [0, 0.1) is 5.82 Å². The maximum Gasteiger partial charge on any atom is 0.123 e. The first-order valence-corrected chi connectivity index (χ1v) is 4.71. The second-order valence-corrected chi connectivity index (χ2v) is 3.66. The molecule has 1 aromatic carbocycles. The molecule has 78 valence electrons. The van der Waals surface area contributed by atoms with Gasteiger partial charge in [-0.2, -0.15) is 0 Å². The van der Waals surface area contributed by atoms with E-state index in [1.807, 2.05) is 27.2 Å². The highest BCUT2D eigenvalue weighted by Gasteiger charge is 2.10. The first-order valence-electron chi connectivity index (χ1n) is 4.71. The van der Waals surface area contributed by atoms with Gasteiger partial charge in [-0.3, -0.25) is 0 Å². The molecule has 0 heterocycles. The van der Waals surface area contributed by atoms with E-state index >= 15 is 0 Å². The van der Waals surface area contributed by atoms with Gasteiger partial charge in [0.05, 0.1) is 0 Å². The highest BCUT2D eigenvalue weighted by Crippen LogP contribution is 2.14. The Kier molecular flexibility index (Phi) is 4.04. The third-order valence-corrected chi connectivity index (χ3v) is 2.15. The van der Waals surface area contributed by atoms with Gasteiger partial charge >= 0.3 is 0 Å². The van der Waals surface area contributed by atoms with Crippen molar-refractivity contribution in [3.05, 3.63) is 35.6 Å². The van der Waals surface area contributed by atoms with Gasteiger partial charge in [0.25, 0.3) is 0 Å². The molecule has 0 aliphatic carbocycles. The first-order chi connectivity index (χ1) is 6.63. The number of likely N-dealkylation sites (N-methyl/N-ethyl adjacent to an activating group) is 2. The summed E-state index contributed by atoms with van der Waals surface area (Å²) < 4.78 is 13.0. The monoisotopic (exact) mass is 196 g/mol. The summed E-state index contributed by atoms with van der Waals surface area (Å²) in [6, 6.07) is 6.90. The minimum absolute atomic E-state index is 0.179. The van der Waals surface area contributed by atoms with E-state index in [2.05, 4.69) is 10.2 Å². The van der Waals surface area contributed by atoms with Gasteiger partial charge in [-0.05, 0) is 38.8 Å². The van der Waals surface area contributed by atoms with E-state index in [9.17, 15) is 4.39 Å². The molecule has 0 bridgehead atoms. The molecule has 2 nitrogen and oxygen atoms in total. The molecule has 0 aromatic heterocycles. The fourth-order valence-corrected chi connectivity index (χ4v) is 1.45. The van der Waals surface area contributed by atoms with Crippen LogP contribution in [0.5, 0.6) is 0 Å². The molecule has 0 saturated carbocycles. The van der Waals surface area contributed by atoms with E-state index in [1.54, 1.807) is 12.1 Å². The molecule has 1 N–H and O–H groups in total. The number of hydrogen-bond acceptors (Lipinski definition) is 2. The van der Waals surface area contributed by atoms with Gasteiger partial charge in [0, 0.05) is 12.6 Å². The van der Waals surface area contributed by atoms with E-state index in [-0.39, 0.29) is 11.9 Å². The van der Waals surface area contributed by atoms with E-state index in [0.717, 1.165) is 12.1 Å². The number of hydrogen-bond donors (Lipinski definition) is 1. The predicted octanol–water partition coefficient (Wildman–Crippen LogP) is 1.65. The highest BCUT2D eigenvalue weighted by atomic mass is 19.1. The van der Waals surface area contributed by atoms with E-state index < -0.39 is 0 Å². The Balaban J connectivity index is 2.78. The zero-order valence-corrected chi connectivity index (χ0v) is 8.92. The van der Waals surface area contributed by atoms with Crippen LogP contribution < -0.4 is 5.32 Å². The summed E-state index contributed by atoms with van der Waals surface area (Å²) in [5, 5.41) is 3.17. The van der Waals surface area contributed by atoms with Crippen LogP contribution in [0.2, 0.25) is 0 Å². The van der Waals surface area contributed by atoms with Crippen molar-refractivity contribution in [1.82, 2.24) is 10.2 Å². The van der Waals surface area contributed by atoms with Gasteiger partial charge in [0.2, 0.25) is 0 Å². The smallest absolute Gasteiger partial charge is 0.123 e. The van der Waals surface area contributed by atoms with E-state index in [1.165, 1.54) is 6.07 Å². The van der Waals surface area contributed by atoms with Gasteiger partial charge in [-0.1, -0.05) is 12.1 Å². The lowest BCUT2D eigenvalue weighted by Gasteiger charge is -2.20. The third-order valence-electron chi connectivity index (χ3n) is 2.15. The molecule has 0 spiro atoms. The largest absolute Gasteiger partial charge is 0.312 e. The lowest BCUT2D eigenvalue weighted by atomic mass is 10.1. The van der Waals surface area contributed by atoms with Crippen LogP contribution in [0.3, 0.4) is 0 Å². The molecule has 0 radical (unpaired) electrons. The number of nitrogens with zero attached hydrogens (tertiary/aromatic N) is 1. The second-order valence-electron chi connectivity index (χ2n) is 3.66. The molecular weight excluding hydrogens is 179 g/mol. The van der Waals surface area contributed by atoms with Crippen LogP contribution in [0.15, 0.2) is 24.3 Å². The number of benzene rings is 1. The summed E-state index contributed by atoms with van der Waals surface area (Å²) in [5.74, 6) is -0.179. The van der Waals surface area contributed by atoms with E-state index in [0.29, 0.717) is 0 Å². The summed E-state index contributed by atoms with van der Waals surface area (Å²) in [4.78, 5) is 2.08. The Hall–Kier alpha value is -0.930. The molecular formula is C11H17FN2. The molecule has 0 fully saturated rings. The number of nitrogens with one attached hydrogen (secondary N) is 1. The van der Waals surface area contributed by atoms with E-state index in [4.69, 9.17) is 0 Å². The average molecular weight is 196 g/mol. The van der Waals surface area contributed by atoms with Gasteiger partial charge in [-0.15, -0.1) is 0 Å². The van der Waals surface area contributed by atoms with Gasteiger partial charge in [0.1, 0.15) is 5.82 Å². The highest BCUT2D eigenvalue weighted by molar-refractivity contribution is 5.20. The SMILES string of the molecule is CNC(CN(C)C)c1cccc(F)c1. The maximum absolute atomic E-state index is 13.0. The zero-order valence-electron chi connectivity index (χ0n) is 8.92. The molecule has 1 atom stereocenters. The normalized spacial score (nSPS) is 13.2. The van der Waals surface area contributed by atoms with Crippen molar-refractivity contribution in [2.75, 3.05) is 27.7 Å². The van der Waals surface area contributed by atoms with Crippen molar-refractivity contribution in [1.29, 1.82) is 0 Å². The first kappa shape index (κ1) is 11.1. The Morgan fingerprint density at radius 1 is 1.43 bits per heavy atom. The van der Waals surface area contributed by atoms with Crippen LogP contribution in [0.4, 0.5) is 4.39 Å². The maximum atomic E-state index is 13.0. The standard InChI is InChI=1S/C11H17FN2/c1-13-11(8-14(2)3)9-5-4-6-10(12)7-9/h4-7,11,13H,8H2,1-3H3. The summed E-state index contributed by atoms with van der Waals surface area (Å²) in [5.41, 5.74) is 0.987.